The molecule has 14 heteroatoms. The Kier molecular flexibility index (Phi) is 24.4. The lowest BCUT2D eigenvalue weighted by molar-refractivity contribution is -0.0451. The number of ether oxygens (including phenoxy) is 10. The van der Waals surface area contributed by atoms with Gasteiger partial charge in [0.1, 0.15) is 99.6 Å². The molecule has 12 aromatic carbocycles. The second-order valence-electron chi connectivity index (χ2n) is 32.1. The predicted octanol–water partition coefficient (Wildman–Crippen LogP) is 24.2. The minimum Gasteiger partial charge on any atom is -0.489 e. The van der Waals surface area contributed by atoms with Crippen molar-refractivity contribution in [1.29, 1.82) is 0 Å². The Morgan fingerprint density at radius 2 is 0.491 bits per heavy atom. The van der Waals surface area contributed by atoms with Crippen LogP contribution in [0.15, 0.2) is 303 Å². The van der Waals surface area contributed by atoms with Crippen LogP contribution in [0.25, 0.3) is 0 Å². The first-order valence-corrected chi connectivity index (χ1v) is 44.7. The second kappa shape index (κ2) is 35.1. The molecule has 0 spiro atoms. The Labute approximate surface area is 663 Å². The van der Waals surface area contributed by atoms with Crippen LogP contribution in [-0.4, -0.2) is 28.8 Å². The van der Waals surface area contributed by atoms with Gasteiger partial charge in [-0.25, -0.2) is 0 Å². The van der Waals surface area contributed by atoms with Crippen LogP contribution in [0, 0.1) is 0 Å². The van der Waals surface area contributed by atoms with Gasteiger partial charge in [0.25, 0.3) is 0 Å². The van der Waals surface area contributed by atoms with Crippen molar-refractivity contribution in [2.45, 2.75) is 167 Å². The molecule has 0 bridgehead atoms. The van der Waals surface area contributed by atoms with Gasteiger partial charge in [-0.1, -0.05) is 296 Å². The van der Waals surface area contributed by atoms with Gasteiger partial charge in [-0.3, -0.25) is 0 Å². The molecular weight excluding hydrogens is 1430 g/mol. The molecule has 12 aromatic rings. The van der Waals surface area contributed by atoms with E-state index in [1.165, 1.54) is 0 Å². The van der Waals surface area contributed by atoms with E-state index in [1.807, 2.05) is 182 Å². The van der Waals surface area contributed by atoms with Crippen molar-refractivity contribution >= 4 is 16.6 Å². The largest absolute Gasteiger partial charge is 0.489 e. The average Bonchev–Trinajstić information content (AvgIpc) is 0.709. The maximum absolute atomic E-state index is 8.51. The Balaban J connectivity index is 1.06. The molecule has 14 rings (SSSR count). The fourth-order valence-corrected chi connectivity index (χ4v) is 16.5. The van der Waals surface area contributed by atoms with Crippen molar-refractivity contribution in [3.63, 3.8) is 0 Å². The molecule has 0 aliphatic carbocycles. The maximum atomic E-state index is 8.51. The van der Waals surface area contributed by atoms with Gasteiger partial charge in [0, 0.05) is 47.2 Å². The summed E-state index contributed by atoms with van der Waals surface area (Å²) in [5.41, 5.74) is 11.1. The van der Waals surface area contributed by atoms with Crippen LogP contribution in [0.3, 0.4) is 0 Å². The number of fused-ring (bicyclic) bond motifs is 2. The van der Waals surface area contributed by atoms with Crippen LogP contribution in [0.1, 0.15) is 132 Å². The Morgan fingerprint density at radius 3 is 0.741 bits per heavy atom. The van der Waals surface area contributed by atoms with Crippen LogP contribution in [-0.2, 0) is 61.7 Å². The number of hydrogen-bond acceptors (Lipinski definition) is 12. The van der Waals surface area contributed by atoms with Crippen LogP contribution >= 0.6 is 0 Å². The van der Waals surface area contributed by atoms with Crippen molar-refractivity contribution in [2.24, 2.45) is 0 Å². The van der Waals surface area contributed by atoms with Crippen LogP contribution in [0.5, 0.6) is 57.5 Å². The van der Waals surface area contributed by atoms with Crippen molar-refractivity contribution in [3.8, 4) is 57.5 Å². The molecule has 0 radical (unpaired) electrons. The number of benzene rings is 12. The molecule has 0 fully saturated rings. The van der Waals surface area contributed by atoms with E-state index >= 15 is 0 Å². The van der Waals surface area contributed by atoms with Gasteiger partial charge >= 0.3 is 0 Å². The zero-order valence-corrected chi connectivity index (χ0v) is 67.9. The topological polar surface area (TPSA) is 111 Å². The van der Waals surface area contributed by atoms with E-state index in [9.17, 15) is 0 Å². The molecule has 0 saturated carbocycles. The van der Waals surface area contributed by atoms with Crippen LogP contribution < -0.4 is 47.4 Å². The van der Waals surface area contributed by atoms with Crippen molar-refractivity contribution in [2.75, 3.05) is 0 Å². The molecular formula is C98H102O12Si2. The molecule has 0 unspecified atom stereocenters. The maximum Gasteiger partial charge on any atom is 0.192 e. The average molecular weight is 1530 g/mol. The van der Waals surface area contributed by atoms with E-state index in [0.29, 0.717) is 70.7 Å². The van der Waals surface area contributed by atoms with E-state index in [1.54, 1.807) is 0 Å². The molecule has 0 saturated heterocycles. The summed E-state index contributed by atoms with van der Waals surface area (Å²) in [4.78, 5) is 0. The molecule has 2 heterocycles. The third-order valence-electron chi connectivity index (χ3n) is 22.0. The van der Waals surface area contributed by atoms with Crippen molar-refractivity contribution < 1.29 is 56.2 Å². The highest BCUT2D eigenvalue weighted by atomic mass is 28.4. The van der Waals surface area contributed by atoms with Crippen LogP contribution in [0.2, 0.25) is 36.3 Å². The van der Waals surface area contributed by atoms with Gasteiger partial charge in [-0.05, 0) is 116 Å². The zero-order valence-electron chi connectivity index (χ0n) is 65.9. The van der Waals surface area contributed by atoms with Gasteiger partial charge in [0.05, 0.1) is 12.2 Å². The van der Waals surface area contributed by atoms with Crippen molar-refractivity contribution in [3.05, 3.63) is 370 Å². The minimum absolute atomic E-state index is 0.209. The standard InChI is InChI=1S/C98H102O12Si2/c1-97(2,3)111(7,8)109-95-91(89-85(105-67-75-47-31-17-32-48-75)57-79(99-61-69-35-19-11-20-36-69)59-87(89)107-93(95)77-51-53-81(101-63-71-39-23-13-24-40-71)83(55-77)103-65-73-43-27-15-28-44-73)92-90-86(106-68-76-49-33-18-34-50-76)58-80(100-62-70-37-21-12-22-38-70)60-88(90)108-94(96(92)110-112(9,10)98(4,5)6)78-52-54-82(102-64-72-41-25-14-26-42-72)84(56-78)104-66-74-45-29-16-30-46-74/h11-60,91-96H,61-68H2,1-10H3/t91-,92-,93+,94+,95-,96-/m0/s1. The quantitative estimate of drug-likeness (QED) is 0.0386. The molecule has 0 N–H and O–H groups in total. The van der Waals surface area contributed by atoms with Gasteiger partial charge < -0.3 is 56.2 Å². The smallest absolute Gasteiger partial charge is 0.192 e. The van der Waals surface area contributed by atoms with E-state index < -0.39 is 52.9 Å². The number of rotatable bonds is 31. The molecule has 0 aromatic heterocycles. The zero-order chi connectivity index (χ0) is 77.7. The summed E-state index contributed by atoms with van der Waals surface area (Å²) in [5.74, 6) is 4.00. The monoisotopic (exact) mass is 1530 g/mol. The van der Waals surface area contributed by atoms with Gasteiger partial charge in [0.2, 0.25) is 0 Å². The summed E-state index contributed by atoms with van der Waals surface area (Å²) in [7, 11) is -6.01. The van der Waals surface area contributed by atoms with E-state index in [2.05, 4.69) is 189 Å². The van der Waals surface area contributed by atoms with E-state index in [0.717, 1.165) is 66.8 Å². The Bertz CT molecular complexity index is 4690. The first-order chi connectivity index (χ1) is 54.3. The Morgan fingerprint density at radius 1 is 0.259 bits per heavy atom. The second-order valence-corrected chi connectivity index (χ2v) is 41.6. The van der Waals surface area contributed by atoms with E-state index in [-0.39, 0.29) is 49.7 Å². The lowest BCUT2D eigenvalue weighted by Crippen LogP contribution is -2.54. The lowest BCUT2D eigenvalue weighted by atomic mass is 9.68. The molecule has 2 aliphatic heterocycles. The minimum atomic E-state index is -3.00. The normalized spacial score (nSPS) is 16.8. The van der Waals surface area contributed by atoms with Crippen LogP contribution in [0.4, 0.5) is 0 Å². The fraction of sp³-hybridized carbons (Fsp3) is 0.265. The first-order valence-electron chi connectivity index (χ1n) is 38.9. The highest BCUT2D eigenvalue weighted by Crippen LogP contribution is 2.64. The molecule has 2 aliphatic rings. The third-order valence-corrected chi connectivity index (χ3v) is 31.0. The van der Waals surface area contributed by atoms with Gasteiger partial charge in [-0.15, -0.1) is 0 Å². The molecule has 12 nitrogen and oxygen atoms in total. The summed E-state index contributed by atoms with van der Waals surface area (Å²) < 4.78 is 90.0. The van der Waals surface area contributed by atoms with Crippen molar-refractivity contribution in [1.82, 2.24) is 0 Å². The molecule has 6 atom stereocenters. The fourth-order valence-electron chi connectivity index (χ4n) is 13.9. The lowest BCUT2D eigenvalue weighted by Gasteiger charge is -2.53. The van der Waals surface area contributed by atoms with E-state index in [4.69, 9.17) is 56.2 Å². The highest BCUT2D eigenvalue weighted by molar-refractivity contribution is 6.74. The summed E-state index contributed by atoms with van der Waals surface area (Å²) in [6.07, 6.45) is -3.45. The summed E-state index contributed by atoms with van der Waals surface area (Å²) >= 11 is 0. The third kappa shape index (κ3) is 19.1. The van der Waals surface area contributed by atoms with Gasteiger partial charge in [0.15, 0.2) is 39.6 Å². The summed E-state index contributed by atoms with van der Waals surface area (Å²) in [6, 6.07) is 102. The highest BCUT2D eigenvalue weighted by Gasteiger charge is 2.58. The molecule has 112 heavy (non-hydrogen) atoms. The molecule has 574 valence electrons. The predicted molar refractivity (Wildman–Crippen MR) is 448 cm³/mol. The first kappa shape index (κ1) is 77.7. The van der Waals surface area contributed by atoms with Gasteiger partial charge in [-0.2, -0.15) is 0 Å². The molecule has 0 amide bonds. The number of hydrogen-bond donors (Lipinski definition) is 0. The summed E-state index contributed by atoms with van der Waals surface area (Å²) in [5, 5.41) is -0.683. The summed E-state index contributed by atoms with van der Waals surface area (Å²) in [6.45, 7) is 25.2. The Hall–Kier alpha value is -11.0. The SMILES string of the molecule is CC(C)(C)[Si](C)(C)O[C@H]1[C@H]([C@@H]2c3c(OCc4ccccc4)cc(OCc4ccccc4)cc3O[C@H](c3ccc(OCc4ccccc4)c(OCc4ccccc4)c3)[C@H]2O[Si](C)(C)C(C)(C)C)c2c(OCc3ccccc3)cc(OCc3ccccc3)cc2O[C@@H]1c1ccc(OCc2ccccc2)c(OCc2ccccc2)c1.